The number of nitrogens with one attached hydrogen (secondary N) is 2. The average molecular weight is 567 g/mol. The van der Waals surface area contributed by atoms with Gasteiger partial charge in [-0.15, -0.1) is 0 Å². The van der Waals surface area contributed by atoms with Crippen molar-refractivity contribution in [2.75, 3.05) is 26.2 Å². The number of hydrogen-bond donors (Lipinski definition) is 2. The minimum Gasteiger partial charge on any atom is -0.385 e. The van der Waals surface area contributed by atoms with Gasteiger partial charge in [-0.25, -0.2) is 0 Å². The van der Waals surface area contributed by atoms with Gasteiger partial charge in [-0.3, -0.25) is 20.0 Å². The van der Waals surface area contributed by atoms with Crippen LogP contribution in [-0.2, 0) is 12.8 Å². The first kappa shape index (κ1) is 32.7. The van der Waals surface area contributed by atoms with Crippen LogP contribution in [0.15, 0.2) is 103 Å². The van der Waals surface area contributed by atoms with Crippen molar-refractivity contribution < 1.29 is 0 Å². The summed E-state index contributed by atoms with van der Waals surface area (Å²) in [6, 6.07) is 21.8. The third-order valence-electron chi connectivity index (χ3n) is 7.31. The van der Waals surface area contributed by atoms with Crippen molar-refractivity contribution in [3.63, 3.8) is 0 Å². The van der Waals surface area contributed by atoms with Crippen LogP contribution in [0.1, 0.15) is 65.5 Å². The smallest absolute Gasteiger partial charge is 0.0422 e. The Morgan fingerprint density at radius 1 is 0.619 bits per heavy atom. The number of hydrogen-bond acceptors (Lipinski definition) is 6. The van der Waals surface area contributed by atoms with Crippen molar-refractivity contribution in [3.05, 3.63) is 94.3 Å². The van der Waals surface area contributed by atoms with E-state index in [9.17, 15) is 0 Å². The molecule has 0 amide bonds. The van der Waals surface area contributed by atoms with Crippen LogP contribution in [-0.4, -0.2) is 62.1 Å². The van der Waals surface area contributed by atoms with Crippen LogP contribution in [0.5, 0.6) is 0 Å². The van der Waals surface area contributed by atoms with Crippen molar-refractivity contribution in [2.45, 2.75) is 79.3 Å². The molecule has 0 saturated carbocycles. The molecule has 0 radical (unpaired) electrons. The van der Waals surface area contributed by atoms with Crippen LogP contribution in [0.3, 0.4) is 0 Å². The standard InChI is InChI=1S/C36H50N6/c1-27(23-33-15-9-7-10-16-33)41-31(5)35-25-37-19-13-20-38-26-36(30(4)40-22-14-21-39-29(35)3)32(6)42-28(2)24-34-17-11-8-12-18-34/h7-12,15-18,25-28,41-42H,13-14,19-24H2,1-6H3/b35-31+,36-32+,37-25?,38-26?,39-29?,40-30?. The molecule has 0 saturated heterocycles. The van der Waals surface area contributed by atoms with Gasteiger partial charge in [0.15, 0.2) is 0 Å². The second-order valence-electron chi connectivity index (χ2n) is 11.3. The lowest BCUT2D eigenvalue weighted by atomic mass is 10.1. The van der Waals surface area contributed by atoms with Gasteiger partial charge in [0.25, 0.3) is 0 Å². The second-order valence-corrected chi connectivity index (χ2v) is 11.3. The minimum atomic E-state index is 0.301. The number of benzene rings is 2. The van der Waals surface area contributed by atoms with Crippen LogP contribution in [0, 0.1) is 0 Å². The molecular formula is C36H50N6. The fourth-order valence-corrected chi connectivity index (χ4v) is 5.15. The van der Waals surface area contributed by atoms with Gasteiger partial charge in [0.2, 0.25) is 0 Å². The molecule has 0 aromatic heterocycles. The maximum absolute atomic E-state index is 4.91. The SMILES string of the molecule is CC1=NCCCN=C(C)/C(=C(\C)NC(C)Cc2ccccc2)C=NCCCN=C/C1=C(/C)NC(C)Cc1ccccc1. The Morgan fingerprint density at radius 3 is 1.40 bits per heavy atom. The molecule has 2 N–H and O–H groups in total. The van der Waals surface area contributed by atoms with Crippen LogP contribution < -0.4 is 10.6 Å². The Bertz CT molecular complexity index is 1190. The molecule has 6 nitrogen and oxygen atoms in total. The van der Waals surface area contributed by atoms with Gasteiger partial charge in [0.1, 0.15) is 0 Å². The predicted octanol–water partition coefficient (Wildman–Crippen LogP) is 6.83. The van der Waals surface area contributed by atoms with Crippen molar-refractivity contribution >= 4 is 23.9 Å². The molecule has 0 bridgehead atoms. The number of aliphatic imine (C=N–C) groups is 4. The van der Waals surface area contributed by atoms with Gasteiger partial charge in [-0.2, -0.15) is 0 Å². The van der Waals surface area contributed by atoms with Crippen LogP contribution in [0.25, 0.3) is 0 Å². The number of nitrogens with zero attached hydrogens (tertiary/aromatic N) is 4. The summed E-state index contributed by atoms with van der Waals surface area (Å²) in [6.45, 7) is 15.8. The lowest BCUT2D eigenvalue weighted by Crippen LogP contribution is -2.28. The normalized spacial score (nSPS) is 19.3. The molecule has 6 heteroatoms. The van der Waals surface area contributed by atoms with E-state index in [1.165, 1.54) is 11.1 Å². The lowest BCUT2D eigenvalue weighted by molar-refractivity contribution is 0.610. The highest BCUT2D eigenvalue weighted by atomic mass is 14.9. The van der Waals surface area contributed by atoms with Gasteiger partial charge in [-0.05, 0) is 78.4 Å². The number of allylic oxidation sites excluding steroid dienone is 4. The van der Waals surface area contributed by atoms with E-state index in [0.29, 0.717) is 12.1 Å². The third-order valence-corrected chi connectivity index (χ3v) is 7.31. The maximum Gasteiger partial charge on any atom is 0.0422 e. The molecule has 2 atom stereocenters. The fraction of sp³-hybridized carbons (Fsp3) is 0.444. The third kappa shape index (κ3) is 11.6. The molecule has 0 spiro atoms. The van der Waals surface area contributed by atoms with Crippen LogP contribution in [0.2, 0.25) is 0 Å². The van der Waals surface area contributed by atoms with Crippen LogP contribution >= 0.6 is 0 Å². The molecule has 224 valence electrons. The Labute approximate surface area is 254 Å². The maximum atomic E-state index is 4.91. The minimum absolute atomic E-state index is 0.301. The monoisotopic (exact) mass is 566 g/mol. The zero-order valence-corrected chi connectivity index (χ0v) is 26.5. The molecule has 3 rings (SSSR count). The van der Waals surface area contributed by atoms with Gasteiger partial charge in [0, 0.05) is 84.7 Å². The first-order valence-electron chi connectivity index (χ1n) is 15.4. The quantitative estimate of drug-likeness (QED) is 0.367. The van der Waals surface area contributed by atoms with E-state index in [1.54, 1.807) is 0 Å². The molecule has 2 aromatic carbocycles. The fourth-order valence-electron chi connectivity index (χ4n) is 5.15. The Morgan fingerprint density at radius 2 is 1.00 bits per heavy atom. The number of rotatable bonds is 8. The zero-order chi connectivity index (χ0) is 30.2. The van der Waals surface area contributed by atoms with Gasteiger partial charge < -0.3 is 10.6 Å². The Balaban J connectivity index is 1.69. The molecule has 42 heavy (non-hydrogen) atoms. The van der Waals surface area contributed by atoms with E-state index in [2.05, 4.69) is 113 Å². The topological polar surface area (TPSA) is 73.5 Å². The average Bonchev–Trinajstić information content (AvgIpc) is 2.96. The first-order chi connectivity index (χ1) is 20.3. The van der Waals surface area contributed by atoms with E-state index in [-0.39, 0.29) is 0 Å². The Hall–Kier alpha value is -3.80. The summed E-state index contributed by atoms with van der Waals surface area (Å²) in [5.74, 6) is 0. The molecule has 1 aliphatic heterocycles. The van der Waals surface area contributed by atoms with E-state index in [1.807, 2.05) is 12.4 Å². The molecule has 0 aliphatic carbocycles. The Kier molecular flexibility index (Phi) is 13.9. The molecule has 2 unspecified atom stereocenters. The summed E-state index contributed by atoms with van der Waals surface area (Å²) in [6.07, 6.45) is 7.67. The molecule has 1 aliphatic rings. The second kappa shape index (κ2) is 17.9. The van der Waals surface area contributed by atoms with E-state index in [4.69, 9.17) is 20.0 Å². The summed E-state index contributed by atoms with van der Waals surface area (Å²) in [4.78, 5) is 19.4. The predicted molar refractivity (Wildman–Crippen MR) is 183 cm³/mol. The largest absolute Gasteiger partial charge is 0.385 e. The summed E-state index contributed by atoms with van der Waals surface area (Å²) >= 11 is 0. The molecular weight excluding hydrogens is 516 g/mol. The van der Waals surface area contributed by atoms with E-state index < -0.39 is 0 Å². The summed E-state index contributed by atoms with van der Waals surface area (Å²) in [5.41, 5.74) is 9.03. The summed E-state index contributed by atoms with van der Waals surface area (Å²) < 4.78 is 0. The van der Waals surface area contributed by atoms with Crippen molar-refractivity contribution in [3.8, 4) is 0 Å². The summed E-state index contributed by atoms with van der Waals surface area (Å²) in [5, 5.41) is 7.36. The lowest BCUT2D eigenvalue weighted by Gasteiger charge is -2.18. The van der Waals surface area contributed by atoms with Crippen molar-refractivity contribution in [2.24, 2.45) is 20.0 Å². The van der Waals surface area contributed by atoms with E-state index >= 15 is 0 Å². The van der Waals surface area contributed by atoms with Gasteiger partial charge >= 0.3 is 0 Å². The van der Waals surface area contributed by atoms with Crippen LogP contribution in [0.4, 0.5) is 0 Å². The van der Waals surface area contributed by atoms with Gasteiger partial charge in [-0.1, -0.05) is 60.7 Å². The highest BCUT2D eigenvalue weighted by molar-refractivity contribution is 6.16. The highest BCUT2D eigenvalue weighted by Gasteiger charge is 2.11. The zero-order valence-electron chi connectivity index (χ0n) is 26.5. The summed E-state index contributed by atoms with van der Waals surface area (Å²) in [7, 11) is 0. The van der Waals surface area contributed by atoms with E-state index in [0.717, 1.165) is 85.8 Å². The highest BCUT2D eigenvalue weighted by Crippen LogP contribution is 2.10. The van der Waals surface area contributed by atoms with Crippen molar-refractivity contribution in [1.29, 1.82) is 0 Å². The van der Waals surface area contributed by atoms with Crippen molar-refractivity contribution in [1.82, 2.24) is 10.6 Å². The van der Waals surface area contributed by atoms with Gasteiger partial charge in [0.05, 0.1) is 0 Å². The molecule has 0 fully saturated rings. The first-order valence-corrected chi connectivity index (χ1v) is 15.4. The molecule has 2 aromatic rings. The molecule has 1 heterocycles.